The van der Waals surface area contributed by atoms with Gasteiger partial charge in [0.25, 0.3) is 0 Å². The Morgan fingerprint density at radius 1 is 1.37 bits per heavy atom. The van der Waals surface area contributed by atoms with E-state index in [4.69, 9.17) is 18.9 Å². The first-order valence-corrected chi connectivity index (χ1v) is 10.1. The van der Waals surface area contributed by atoms with E-state index in [0.717, 1.165) is 5.57 Å². The van der Waals surface area contributed by atoms with Gasteiger partial charge in [-0.25, -0.2) is 9.59 Å². The smallest absolute Gasteiger partial charge is 0.334 e. The van der Waals surface area contributed by atoms with Crippen LogP contribution in [-0.2, 0) is 33.3 Å². The van der Waals surface area contributed by atoms with Crippen LogP contribution >= 0.6 is 0 Å². The SMILES string of the molecule is C=C1C(=O)O[C@@H]2[C@@H]3C(C)=C[C@@H](O)[C@H]3[C@]3(CO3)C[C@H](OC(=O)/C(C)=C/COC(C)=O)[C@@H]12. The fourth-order valence-electron chi connectivity index (χ4n) is 5.14. The number of hydrogen-bond donors (Lipinski definition) is 1. The Morgan fingerprint density at radius 3 is 2.70 bits per heavy atom. The summed E-state index contributed by atoms with van der Waals surface area (Å²) in [7, 11) is 0. The zero-order valence-corrected chi connectivity index (χ0v) is 17.3. The van der Waals surface area contributed by atoms with Crippen molar-refractivity contribution in [3.05, 3.63) is 35.5 Å². The lowest BCUT2D eigenvalue weighted by atomic mass is 9.77. The molecule has 2 saturated heterocycles. The molecule has 0 unspecified atom stereocenters. The summed E-state index contributed by atoms with van der Waals surface area (Å²) >= 11 is 0. The highest BCUT2D eigenvalue weighted by Crippen LogP contribution is 2.58. The molecule has 1 saturated carbocycles. The summed E-state index contributed by atoms with van der Waals surface area (Å²) in [5.41, 5.74) is 0.861. The van der Waals surface area contributed by atoms with Crippen LogP contribution < -0.4 is 0 Å². The van der Waals surface area contributed by atoms with Gasteiger partial charge in [0.15, 0.2) is 0 Å². The maximum absolute atomic E-state index is 12.7. The summed E-state index contributed by atoms with van der Waals surface area (Å²) in [5.74, 6) is -2.54. The molecule has 162 valence electrons. The van der Waals surface area contributed by atoms with E-state index in [0.29, 0.717) is 13.0 Å². The summed E-state index contributed by atoms with van der Waals surface area (Å²) in [6, 6.07) is 0. The highest BCUT2D eigenvalue weighted by Gasteiger charge is 2.67. The van der Waals surface area contributed by atoms with Crippen LogP contribution in [0.15, 0.2) is 35.5 Å². The predicted molar refractivity (Wildman–Crippen MR) is 103 cm³/mol. The van der Waals surface area contributed by atoms with Crippen LogP contribution in [0, 0.1) is 17.8 Å². The molecular weight excluding hydrogens is 392 g/mol. The molecular formula is C22H26O8. The Labute approximate surface area is 174 Å². The van der Waals surface area contributed by atoms with E-state index >= 15 is 0 Å². The Kier molecular flexibility index (Phi) is 5.10. The fraction of sp³-hybridized carbons (Fsp3) is 0.591. The van der Waals surface area contributed by atoms with Gasteiger partial charge in [0.2, 0.25) is 0 Å². The molecule has 30 heavy (non-hydrogen) atoms. The van der Waals surface area contributed by atoms with Gasteiger partial charge in [-0.15, -0.1) is 0 Å². The molecule has 3 fully saturated rings. The highest BCUT2D eigenvalue weighted by atomic mass is 16.6. The van der Waals surface area contributed by atoms with Crippen LogP contribution in [0.5, 0.6) is 0 Å². The van der Waals surface area contributed by atoms with Gasteiger partial charge in [0, 0.05) is 36.3 Å². The van der Waals surface area contributed by atoms with Crippen LogP contribution in [-0.4, -0.2) is 60.1 Å². The van der Waals surface area contributed by atoms with E-state index in [9.17, 15) is 19.5 Å². The molecule has 4 aliphatic rings. The van der Waals surface area contributed by atoms with E-state index in [1.165, 1.54) is 13.0 Å². The van der Waals surface area contributed by atoms with Gasteiger partial charge in [0.05, 0.1) is 18.6 Å². The normalized spacial score (nSPS) is 39.6. The summed E-state index contributed by atoms with van der Waals surface area (Å²) in [6.45, 7) is 9.07. The first-order valence-electron chi connectivity index (χ1n) is 10.1. The lowest BCUT2D eigenvalue weighted by Gasteiger charge is -2.30. The van der Waals surface area contributed by atoms with Crippen LogP contribution in [0.3, 0.4) is 0 Å². The quantitative estimate of drug-likeness (QED) is 0.239. The largest absolute Gasteiger partial charge is 0.462 e. The van der Waals surface area contributed by atoms with Crippen LogP contribution in [0.2, 0.25) is 0 Å². The van der Waals surface area contributed by atoms with E-state index in [1.807, 2.05) is 6.92 Å². The Bertz CT molecular complexity index is 864. The van der Waals surface area contributed by atoms with Gasteiger partial charge in [-0.05, 0) is 19.9 Å². The third kappa shape index (κ3) is 3.37. The molecule has 0 aromatic carbocycles. The van der Waals surface area contributed by atoms with Crippen molar-refractivity contribution >= 4 is 17.9 Å². The number of rotatable bonds is 4. The molecule has 0 amide bonds. The molecule has 7 atom stereocenters. The lowest BCUT2D eigenvalue weighted by Crippen LogP contribution is -2.39. The molecule has 0 bridgehead atoms. The molecule has 0 aromatic rings. The number of esters is 3. The van der Waals surface area contributed by atoms with Crippen molar-refractivity contribution in [2.24, 2.45) is 17.8 Å². The second-order valence-corrected chi connectivity index (χ2v) is 8.56. The number of carbonyl (C=O) groups excluding carboxylic acids is 3. The van der Waals surface area contributed by atoms with Crippen LogP contribution in [0.1, 0.15) is 27.2 Å². The highest BCUT2D eigenvalue weighted by molar-refractivity contribution is 5.92. The zero-order chi connectivity index (χ0) is 21.8. The molecule has 2 aliphatic carbocycles. The van der Waals surface area contributed by atoms with Crippen molar-refractivity contribution in [3.63, 3.8) is 0 Å². The van der Waals surface area contributed by atoms with Crippen LogP contribution in [0.4, 0.5) is 0 Å². The second kappa shape index (κ2) is 7.35. The van der Waals surface area contributed by atoms with Crippen molar-refractivity contribution < 1.29 is 38.4 Å². The maximum Gasteiger partial charge on any atom is 0.334 e. The summed E-state index contributed by atoms with van der Waals surface area (Å²) < 4.78 is 22.1. The standard InChI is InChI=1S/C22H26O8/c1-10(5-6-27-13(4)23)20(25)29-15-8-22(9-28-22)18-14(24)7-11(2)16(18)19-17(15)12(3)21(26)30-19/h5,7,14-19,24H,3,6,8-9H2,1-2,4H3/b10-5+/t14-,15+,16-,17-,18-,19-,22-/m1/s1. The molecule has 1 N–H and O–H groups in total. The van der Waals surface area contributed by atoms with Crippen molar-refractivity contribution in [1.82, 2.24) is 0 Å². The summed E-state index contributed by atoms with van der Waals surface area (Å²) in [4.78, 5) is 35.9. The average Bonchev–Trinajstić information content (AvgIpc) is 3.30. The van der Waals surface area contributed by atoms with Crippen molar-refractivity contribution in [2.45, 2.75) is 51.1 Å². The van der Waals surface area contributed by atoms with Gasteiger partial charge in [0.1, 0.15) is 24.4 Å². The molecule has 2 heterocycles. The number of ether oxygens (including phenoxy) is 4. The Morgan fingerprint density at radius 2 is 2.07 bits per heavy atom. The van der Waals surface area contributed by atoms with Gasteiger partial charge >= 0.3 is 17.9 Å². The average molecular weight is 418 g/mol. The molecule has 4 rings (SSSR count). The third-order valence-corrected chi connectivity index (χ3v) is 6.66. The minimum atomic E-state index is -0.717. The predicted octanol–water partition coefficient (Wildman–Crippen LogP) is 1.23. The van der Waals surface area contributed by atoms with Crippen molar-refractivity contribution in [1.29, 1.82) is 0 Å². The Hall–Kier alpha value is -2.45. The van der Waals surface area contributed by atoms with Crippen molar-refractivity contribution in [3.8, 4) is 0 Å². The minimum absolute atomic E-state index is 0.0331. The van der Waals surface area contributed by atoms with E-state index in [-0.39, 0.29) is 29.6 Å². The third-order valence-electron chi connectivity index (χ3n) is 6.66. The molecule has 0 aromatic heterocycles. The molecule has 8 nitrogen and oxygen atoms in total. The molecule has 8 heteroatoms. The fourth-order valence-corrected chi connectivity index (χ4v) is 5.14. The van der Waals surface area contributed by atoms with E-state index < -0.39 is 47.7 Å². The first-order chi connectivity index (χ1) is 14.1. The van der Waals surface area contributed by atoms with Crippen LogP contribution in [0.25, 0.3) is 0 Å². The first kappa shape index (κ1) is 20.8. The van der Waals surface area contributed by atoms with Crippen molar-refractivity contribution in [2.75, 3.05) is 13.2 Å². The number of aliphatic hydroxyl groups excluding tert-OH is 1. The molecule has 0 radical (unpaired) electrons. The van der Waals surface area contributed by atoms with Gasteiger partial charge in [-0.1, -0.05) is 18.2 Å². The number of aliphatic hydroxyl groups is 1. The number of carbonyl (C=O) groups is 3. The summed E-state index contributed by atoms with van der Waals surface area (Å²) in [5, 5.41) is 10.7. The van der Waals surface area contributed by atoms with Gasteiger partial charge in [-0.3, -0.25) is 4.79 Å². The summed E-state index contributed by atoms with van der Waals surface area (Å²) in [6.07, 6.45) is 1.62. The monoisotopic (exact) mass is 418 g/mol. The number of hydrogen-bond acceptors (Lipinski definition) is 8. The second-order valence-electron chi connectivity index (χ2n) is 8.56. The molecule has 2 aliphatic heterocycles. The van der Waals surface area contributed by atoms with E-state index in [2.05, 4.69) is 6.58 Å². The van der Waals surface area contributed by atoms with E-state index in [1.54, 1.807) is 13.0 Å². The minimum Gasteiger partial charge on any atom is -0.462 e. The maximum atomic E-state index is 12.7. The zero-order valence-electron chi connectivity index (χ0n) is 17.3. The number of fused-ring (bicyclic) bond motifs is 4. The topological polar surface area (TPSA) is 112 Å². The number of epoxide rings is 1. The Balaban J connectivity index is 1.61. The lowest BCUT2D eigenvalue weighted by molar-refractivity contribution is -0.149. The van der Waals surface area contributed by atoms with Gasteiger partial charge < -0.3 is 24.1 Å². The van der Waals surface area contributed by atoms with Gasteiger partial charge in [-0.2, -0.15) is 0 Å². The molecule has 1 spiro atoms.